The van der Waals surface area contributed by atoms with Crippen LogP contribution in [0, 0.1) is 17.6 Å². The molecule has 0 saturated carbocycles. The van der Waals surface area contributed by atoms with Gasteiger partial charge in [0, 0.05) is 18.7 Å². The summed E-state index contributed by atoms with van der Waals surface area (Å²) in [6, 6.07) is 3.78. The number of benzene rings is 1. The SMILES string of the molecule is CC(C)C(N)CCN(C)Cc1cc(F)cc(F)c1. The van der Waals surface area contributed by atoms with Gasteiger partial charge in [-0.1, -0.05) is 13.8 Å². The second-order valence-electron chi connectivity index (χ2n) is 5.21. The molecule has 18 heavy (non-hydrogen) atoms. The third-order valence-electron chi connectivity index (χ3n) is 3.08. The molecule has 1 atom stereocenters. The standard InChI is InChI=1S/C14H22F2N2/c1-10(2)14(17)4-5-18(3)9-11-6-12(15)8-13(16)7-11/h6-8,10,14H,4-5,9,17H2,1-3H3. The molecule has 0 aliphatic heterocycles. The highest BCUT2D eigenvalue weighted by atomic mass is 19.1. The topological polar surface area (TPSA) is 29.3 Å². The zero-order valence-electron chi connectivity index (χ0n) is 11.3. The van der Waals surface area contributed by atoms with Crippen LogP contribution in [0.5, 0.6) is 0 Å². The zero-order valence-corrected chi connectivity index (χ0v) is 11.3. The van der Waals surface area contributed by atoms with Crippen molar-refractivity contribution < 1.29 is 8.78 Å². The molecule has 0 fully saturated rings. The van der Waals surface area contributed by atoms with Crippen LogP contribution >= 0.6 is 0 Å². The Balaban J connectivity index is 2.46. The lowest BCUT2D eigenvalue weighted by Gasteiger charge is -2.21. The smallest absolute Gasteiger partial charge is 0.126 e. The lowest BCUT2D eigenvalue weighted by molar-refractivity contribution is 0.295. The normalized spacial score (nSPS) is 13.3. The Hall–Kier alpha value is -1.00. The molecule has 0 heterocycles. The lowest BCUT2D eigenvalue weighted by atomic mass is 10.0. The van der Waals surface area contributed by atoms with E-state index in [0.29, 0.717) is 18.0 Å². The first-order chi connectivity index (χ1) is 8.38. The van der Waals surface area contributed by atoms with E-state index in [9.17, 15) is 8.78 Å². The van der Waals surface area contributed by atoms with Gasteiger partial charge >= 0.3 is 0 Å². The Morgan fingerprint density at radius 3 is 2.22 bits per heavy atom. The van der Waals surface area contributed by atoms with Crippen molar-refractivity contribution in [2.24, 2.45) is 11.7 Å². The van der Waals surface area contributed by atoms with Crippen LogP contribution in [-0.4, -0.2) is 24.5 Å². The number of halogens is 2. The Bertz CT molecular complexity index is 360. The summed E-state index contributed by atoms with van der Waals surface area (Å²) < 4.78 is 26.0. The fraction of sp³-hybridized carbons (Fsp3) is 0.571. The van der Waals surface area contributed by atoms with Crippen molar-refractivity contribution in [1.82, 2.24) is 4.90 Å². The van der Waals surface area contributed by atoms with E-state index < -0.39 is 11.6 Å². The van der Waals surface area contributed by atoms with Crippen molar-refractivity contribution in [3.05, 3.63) is 35.4 Å². The van der Waals surface area contributed by atoms with Gasteiger partial charge < -0.3 is 10.6 Å². The Kier molecular flexibility index (Phi) is 5.69. The Morgan fingerprint density at radius 1 is 1.17 bits per heavy atom. The molecule has 0 spiro atoms. The maximum Gasteiger partial charge on any atom is 0.126 e. The van der Waals surface area contributed by atoms with E-state index >= 15 is 0 Å². The van der Waals surface area contributed by atoms with E-state index in [1.807, 2.05) is 11.9 Å². The fourth-order valence-electron chi connectivity index (χ4n) is 1.80. The summed E-state index contributed by atoms with van der Waals surface area (Å²) in [4.78, 5) is 2.02. The Morgan fingerprint density at radius 2 is 1.72 bits per heavy atom. The van der Waals surface area contributed by atoms with Crippen LogP contribution in [0.1, 0.15) is 25.8 Å². The molecule has 4 heteroatoms. The van der Waals surface area contributed by atoms with Gasteiger partial charge in [-0.15, -0.1) is 0 Å². The van der Waals surface area contributed by atoms with Gasteiger partial charge in [-0.05, 0) is 43.6 Å². The van der Waals surface area contributed by atoms with Crippen LogP contribution in [0.15, 0.2) is 18.2 Å². The highest BCUT2D eigenvalue weighted by molar-refractivity contribution is 5.17. The fourth-order valence-corrected chi connectivity index (χ4v) is 1.80. The molecule has 0 radical (unpaired) electrons. The van der Waals surface area contributed by atoms with Crippen LogP contribution in [0.25, 0.3) is 0 Å². The van der Waals surface area contributed by atoms with Gasteiger partial charge in [0.05, 0.1) is 0 Å². The quantitative estimate of drug-likeness (QED) is 0.848. The molecule has 1 aromatic rings. The second-order valence-corrected chi connectivity index (χ2v) is 5.21. The van der Waals surface area contributed by atoms with Crippen LogP contribution in [0.4, 0.5) is 8.78 Å². The van der Waals surface area contributed by atoms with E-state index in [2.05, 4.69) is 13.8 Å². The molecule has 0 aromatic heterocycles. The number of rotatable bonds is 6. The van der Waals surface area contributed by atoms with Crippen molar-refractivity contribution in [2.45, 2.75) is 32.9 Å². The summed E-state index contributed by atoms with van der Waals surface area (Å²) in [5.74, 6) is -0.612. The van der Waals surface area contributed by atoms with Gasteiger partial charge in [-0.25, -0.2) is 8.78 Å². The molecular formula is C14H22F2N2. The van der Waals surface area contributed by atoms with Crippen molar-refractivity contribution >= 4 is 0 Å². The molecule has 0 amide bonds. The van der Waals surface area contributed by atoms with Crippen LogP contribution < -0.4 is 5.73 Å². The van der Waals surface area contributed by atoms with Crippen molar-refractivity contribution in [3.8, 4) is 0 Å². The Labute approximate surface area is 108 Å². The summed E-state index contributed by atoms with van der Waals surface area (Å²) in [5.41, 5.74) is 6.61. The molecule has 1 unspecified atom stereocenters. The predicted molar refractivity (Wildman–Crippen MR) is 70.1 cm³/mol. The molecule has 0 saturated heterocycles. The first-order valence-electron chi connectivity index (χ1n) is 6.27. The first-order valence-corrected chi connectivity index (χ1v) is 6.27. The van der Waals surface area contributed by atoms with Crippen molar-refractivity contribution in [1.29, 1.82) is 0 Å². The van der Waals surface area contributed by atoms with Gasteiger partial charge in [-0.3, -0.25) is 0 Å². The van der Waals surface area contributed by atoms with Crippen molar-refractivity contribution in [3.63, 3.8) is 0 Å². The maximum absolute atomic E-state index is 13.0. The molecule has 1 rings (SSSR count). The van der Waals surface area contributed by atoms with E-state index in [1.165, 1.54) is 12.1 Å². The molecule has 2 N–H and O–H groups in total. The highest BCUT2D eigenvalue weighted by Crippen LogP contribution is 2.11. The minimum atomic E-state index is -0.530. The first kappa shape index (κ1) is 15.1. The minimum Gasteiger partial charge on any atom is -0.327 e. The van der Waals surface area contributed by atoms with E-state index in [1.54, 1.807) is 0 Å². The van der Waals surface area contributed by atoms with E-state index in [0.717, 1.165) is 19.0 Å². The summed E-state index contributed by atoms with van der Waals surface area (Å²) >= 11 is 0. The van der Waals surface area contributed by atoms with Crippen LogP contribution in [0.3, 0.4) is 0 Å². The summed E-state index contributed by atoms with van der Waals surface area (Å²) in [6.07, 6.45) is 0.881. The van der Waals surface area contributed by atoms with Gasteiger partial charge in [0.2, 0.25) is 0 Å². The third-order valence-corrected chi connectivity index (χ3v) is 3.08. The largest absolute Gasteiger partial charge is 0.327 e. The van der Waals surface area contributed by atoms with E-state index in [4.69, 9.17) is 5.73 Å². The molecule has 1 aromatic carbocycles. The number of hydrogen-bond donors (Lipinski definition) is 1. The summed E-state index contributed by atoms with van der Waals surface area (Å²) in [7, 11) is 1.93. The molecular weight excluding hydrogens is 234 g/mol. The zero-order chi connectivity index (χ0) is 13.7. The van der Waals surface area contributed by atoms with E-state index in [-0.39, 0.29) is 6.04 Å². The average molecular weight is 256 g/mol. The van der Waals surface area contributed by atoms with Crippen LogP contribution in [0.2, 0.25) is 0 Å². The van der Waals surface area contributed by atoms with Gasteiger partial charge in [0.25, 0.3) is 0 Å². The lowest BCUT2D eigenvalue weighted by Crippen LogP contribution is -2.31. The van der Waals surface area contributed by atoms with Crippen LogP contribution in [-0.2, 0) is 6.54 Å². The minimum absolute atomic E-state index is 0.164. The third kappa shape index (κ3) is 5.10. The number of nitrogens with zero attached hydrogens (tertiary/aromatic N) is 1. The second kappa shape index (κ2) is 6.81. The monoisotopic (exact) mass is 256 g/mol. The van der Waals surface area contributed by atoms with Crippen molar-refractivity contribution in [2.75, 3.05) is 13.6 Å². The van der Waals surface area contributed by atoms with Gasteiger partial charge in [0.15, 0.2) is 0 Å². The molecule has 0 aliphatic carbocycles. The molecule has 0 bridgehead atoms. The molecule has 0 aliphatic rings. The van der Waals surface area contributed by atoms with Gasteiger partial charge in [0.1, 0.15) is 11.6 Å². The maximum atomic E-state index is 13.0. The summed E-state index contributed by atoms with van der Waals surface area (Å²) in [5, 5.41) is 0. The van der Waals surface area contributed by atoms with Gasteiger partial charge in [-0.2, -0.15) is 0 Å². The number of hydrogen-bond acceptors (Lipinski definition) is 2. The number of nitrogens with two attached hydrogens (primary N) is 1. The summed E-state index contributed by atoms with van der Waals surface area (Å²) in [6.45, 7) is 5.52. The molecule has 102 valence electrons. The average Bonchev–Trinajstić information content (AvgIpc) is 2.24. The predicted octanol–water partition coefficient (Wildman–Crippen LogP) is 2.77. The molecule has 2 nitrogen and oxygen atoms in total. The highest BCUT2D eigenvalue weighted by Gasteiger charge is 2.09.